The molecule has 0 saturated heterocycles. The summed E-state index contributed by atoms with van der Waals surface area (Å²) in [6, 6.07) is 6.21. The Kier molecular flexibility index (Phi) is 2.33. The SMILES string of the molecule is Fc1ccc(C2=C[CH]ON2Br)cc1. The van der Waals surface area contributed by atoms with Crippen LogP contribution < -0.4 is 0 Å². The van der Waals surface area contributed by atoms with Crippen molar-refractivity contribution in [3.63, 3.8) is 0 Å². The van der Waals surface area contributed by atoms with E-state index in [0.717, 1.165) is 11.3 Å². The van der Waals surface area contributed by atoms with Gasteiger partial charge in [-0.2, -0.15) is 4.09 Å². The van der Waals surface area contributed by atoms with Gasteiger partial charge in [0, 0.05) is 5.56 Å². The average Bonchev–Trinajstić information content (AvgIpc) is 2.53. The van der Waals surface area contributed by atoms with Crippen LogP contribution in [0.3, 0.4) is 0 Å². The van der Waals surface area contributed by atoms with Crippen LogP contribution in [0.4, 0.5) is 4.39 Å². The maximum Gasteiger partial charge on any atom is 0.140 e. The van der Waals surface area contributed by atoms with E-state index in [-0.39, 0.29) is 5.82 Å². The minimum Gasteiger partial charge on any atom is -0.252 e. The summed E-state index contributed by atoms with van der Waals surface area (Å²) in [5, 5.41) is 0. The van der Waals surface area contributed by atoms with Crippen molar-refractivity contribution in [3.8, 4) is 0 Å². The van der Waals surface area contributed by atoms with Gasteiger partial charge in [0.05, 0.1) is 21.8 Å². The highest BCUT2D eigenvalue weighted by atomic mass is 79.9. The van der Waals surface area contributed by atoms with Crippen molar-refractivity contribution in [2.45, 2.75) is 0 Å². The van der Waals surface area contributed by atoms with Crippen LogP contribution in [0.2, 0.25) is 0 Å². The molecule has 1 aliphatic rings. The number of hydroxylamine groups is 1. The number of nitrogens with zero attached hydrogens (tertiary/aromatic N) is 1. The molecule has 0 atom stereocenters. The first-order chi connectivity index (χ1) is 6.27. The summed E-state index contributed by atoms with van der Waals surface area (Å²) >= 11 is 3.18. The molecule has 0 spiro atoms. The fraction of sp³-hybridized carbons (Fsp3) is 0. The Hall–Kier alpha value is -0.870. The number of hydrogen-bond acceptors (Lipinski definition) is 2. The lowest BCUT2D eigenvalue weighted by Crippen LogP contribution is -2.01. The third-order valence-electron chi connectivity index (χ3n) is 1.71. The van der Waals surface area contributed by atoms with Crippen LogP contribution in [0, 0.1) is 12.4 Å². The molecule has 1 radical (unpaired) electrons. The molecule has 1 heterocycles. The summed E-state index contributed by atoms with van der Waals surface area (Å²) in [7, 11) is 0. The molecule has 2 rings (SSSR count). The molecule has 0 fully saturated rings. The van der Waals surface area contributed by atoms with Gasteiger partial charge >= 0.3 is 0 Å². The Bertz CT molecular complexity index is 336. The van der Waals surface area contributed by atoms with Gasteiger partial charge in [-0.25, -0.2) is 4.39 Å². The van der Waals surface area contributed by atoms with E-state index in [1.807, 2.05) is 0 Å². The number of rotatable bonds is 1. The topological polar surface area (TPSA) is 12.5 Å². The smallest absolute Gasteiger partial charge is 0.140 e. The van der Waals surface area contributed by atoms with Crippen molar-refractivity contribution in [1.82, 2.24) is 4.09 Å². The molecule has 4 heteroatoms. The van der Waals surface area contributed by atoms with Crippen LogP contribution in [-0.4, -0.2) is 4.09 Å². The summed E-state index contributed by atoms with van der Waals surface area (Å²) < 4.78 is 14.0. The van der Waals surface area contributed by atoms with Gasteiger partial charge in [0.2, 0.25) is 0 Å². The van der Waals surface area contributed by atoms with Gasteiger partial charge < -0.3 is 0 Å². The van der Waals surface area contributed by atoms with E-state index in [1.165, 1.54) is 16.2 Å². The second-order valence-electron chi connectivity index (χ2n) is 2.55. The zero-order valence-electron chi connectivity index (χ0n) is 6.58. The van der Waals surface area contributed by atoms with Crippen molar-refractivity contribution < 1.29 is 9.23 Å². The third-order valence-corrected chi connectivity index (χ3v) is 2.26. The van der Waals surface area contributed by atoms with Crippen LogP contribution in [0.1, 0.15) is 5.56 Å². The fourth-order valence-corrected chi connectivity index (χ4v) is 1.50. The molecular formula is C9H6BrFNO. The molecular weight excluding hydrogens is 237 g/mol. The van der Waals surface area contributed by atoms with Crippen LogP contribution >= 0.6 is 16.1 Å². The highest BCUT2D eigenvalue weighted by Gasteiger charge is 2.15. The lowest BCUT2D eigenvalue weighted by atomic mass is 10.1. The zero-order chi connectivity index (χ0) is 9.26. The molecule has 67 valence electrons. The predicted octanol–water partition coefficient (Wildman–Crippen LogP) is 2.89. The predicted molar refractivity (Wildman–Crippen MR) is 50.5 cm³/mol. The molecule has 13 heavy (non-hydrogen) atoms. The first-order valence-corrected chi connectivity index (χ1v) is 4.40. The van der Waals surface area contributed by atoms with Crippen molar-refractivity contribution in [2.24, 2.45) is 0 Å². The molecule has 0 N–H and O–H groups in total. The highest BCUT2D eigenvalue weighted by Crippen LogP contribution is 2.28. The summed E-state index contributed by atoms with van der Waals surface area (Å²) in [6.07, 6.45) is 1.79. The van der Waals surface area contributed by atoms with E-state index >= 15 is 0 Å². The minimum absolute atomic E-state index is 0.242. The lowest BCUT2D eigenvalue weighted by Gasteiger charge is -2.11. The summed E-state index contributed by atoms with van der Waals surface area (Å²) in [5.41, 5.74) is 1.74. The summed E-state index contributed by atoms with van der Waals surface area (Å²) in [6.45, 7) is 1.55. The van der Waals surface area contributed by atoms with Crippen LogP contribution in [-0.2, 0) is 4.84 Å². The molecule has 0 unspecified atom stereocenters. The molecule has 1 aromatic carbocycles. The number of hydrogen-bond donors (Lipinski definition) is 0. The van der Waals surface area contributed by atoms with E-state index in [0.29, 0.717) is 0 Å². The van der Waals surface area contributed by atoms with Crippen LogP contribution in [0.25, 0.3) is 5.70 Å². The lowest BCUT2D eigenvalue weighted by molar-refractivity contribution is 0.0547. The van der Waals surface area contributed by atoms with Gasteiger partial charge in [0.1, 0.15) is 12.4 Å². The van der Waals surface area contributed by atoms with Crippen LogP contribution in [0.5, 0.6) is 0 Å². The van der Waals surface area contributed by atoms with Gasteiger partial charge in [-0.1, -0.05) is 0 Å². The van der Waals surface area contributed by atoms with Gasteiger partial charge in [-0.05, 0) is 30.3 Å². The normalized spacial score (nSPS) is 16.2. The number of benzene rings is 1. The average molecular weight is 243 g/mol. The van der Waals surface area contributed by atoms with E-state index in [1.54, 1.807) is 24.8 Å². The Balaban J connectivity index is 2.30. The van der Waals surface area contributed by atoms with Gasteiger partial charge in [0.25, 0.3) is 0 Å². The Morgan fingerprint density at radius 2 is 1.92 bits per heavy atom. The molecule has 0 bridgehead atoms. The molecule has 1 aliphatic heterocycles. The Labute approximate surface area is 83.9 Å². The standard InChI is InChI=1S/C9H6BrFNO/c10-12-9(5-6-13-12)7-1-3-8(11)4-2-7/h1-6H. The third kappa shape index (κ3) is 1.73. The van der Waals surface area contributed by atoms with Crippen LogP contribution in [0.15, 0.2) is 30.3 Å². The summed E-state index contributed by atoms with van der Waals surface area (Å²) in [4.78, 5) is 4.99. The number of halogens is 2. The van der Waals surface area contributed by atoms with Gasteiger partial charge in [-0.3, -0.25) is 4.84 Å². The fourth-order valence-electron chi connectivity index (χ4n) is 1.08. The van der Waals surface area contributed by atoms with Gasteiger partial charge in [0.15, 0.2) is 0 Å². The molecule has 0 aliphatic carbocycles. The van der Waals surface area contributed by atoms with E-state index in [2.05, 4.69) is 16.1 Å². The van der Waals surface area contributed by atoms with E-state index < -0.39 is 0 Å². The van der Waals surface area contributed by atoms with Crippen molar-refractivity contribution in [2.75, 3.05) is 0 Å². The quantitative estimate of drug-likeness (QED) is 0.703. The summed E-state index contributed by atoms with van der Waals surface area (Å²) in [5.74, 6) is -0.242. The van der Waals surface area contributed by atoms with Crippen molar-refractivity contribution >= 4 is 21.8 Å². The largest absolute Gasteiger partial charge is 0.252 e. The maximum atomic E-state index is 12.6. The first-order valence-electron chi connectivity index (χ1n) is 3.69. The van der Waals surface area contributed by atoms with Crippen molar-refractivity contribution in [1.29, 1.82) is 0 Å². The molecule has 2 nitrogen and oxygen atoms in total. The highest BCUT2D eigenvalue weighted by molar-refractivity contribution is 9.07. The van der Waals surface area contributed by atoms with Gasteiger partial charge in [-0.15, -0.1) is 0 Å². The second kappa shape index (κ2) is 3.47. The van der Waals surface area contributed by atoms with E-state index in [9.17, 15) is 4.39 Å². The van der Waals surface area contributed by atoms with E-state index in [4.69, 9.17) is 4.84 Å². The monoisotopic (exact) mass is 242 g/mol. The molecule has 0 saturated carbocycles. The first kappa shape index (κ1) is 8.72. The maximum absolute atomic E-state index is 12.6. The molecule has 0 aromatic heterocycles. The second-order valence-corrected chi connectivity index (χ2v) is 3.19. The molecule has 1 aromatic rings. The molecule has 0 amide bonds. The zero-order valence-corrected chi connectivity index (χ0v) is 8.16. The minimum atomic E-state index is -0.242. The Morgan fingerprint density at radius 1 is 1.23 bits per heavy atom. The van der Waals surface area contributed by atoms with Crippen molar-refractivity contribution in [3.05, 3.63) is 48.3 Å². The Morgan fingerprint density at radius 3 is 2.46 bits per heavy atom.